The van der Waals surface area contributed by atoms with Crippen LogP contribution in [-0.2, 0) is 11.3 Å². The molecule has 100 valence electrons. The summed E-state index contributed by atoms with van der Waals surface area (Å²) in [6.07, 6.45) is 3.04. The molecule has 1 heterocycles. The molecule has 4 N–H and O–H groups in total. The number of aromatic nitrogens is 2. The summed E-state index contributed by atoms with van der Waals surface area (Å²) in [7, 11) is 0. The molecule has 0 saturated heterocycles. The Labute approximate surface area is 105 Å². The van der Waals surface area contributed by atoms with Gasteiger partial charge in [0.25, 0.3) is 5.91 Å². The highest BCUT2D eigenvalue weighted by Crippen LogP contribution is 2.04. The molecule has 1 aromatic heterocycles. The fourth-order valence-electron chi connectivity index (χ4n) is 1.48. The number of nitrogens with one attached hydrogen (secondary N) is 1. The van der Waals surface area contributed by atoms with E-state index in [1.807, 2.05) is 0 Å². The monoisotopic (exact) mass is 254 g/mol. The average Bonchev–Trinajstić information content (AvgIpc) is 2.73. The molecule has 0 aromatic carbocycles. The Morgan fingerprint density at radius 3 is 2.72 bits per heavy atom. The van der Waals surface area contributed by atoms with Gasteiger partial charge in [-0.15, -0.1) is 0 Å². The maximum absolute atomic E-state index is 11.8. The van der Waals surface area contributed by atoms with Crippen molar-refractivity contribution in [3.8, 4) is 0 Å². The van der Waals surface area contributed by atoms with Crippen molar-refractivity contribution in [2.24, 2.45) is 11.7 Å². The summed E-state index contributed by atoms with van der Waals surface area (Å²) in [4.78, 5) is 26.7. The van der Waals surface area contributed by atoms with Gasteiger partial charge in [-0.1, -0.05) is 13.8 Å². The highest BCUT2D eigenvalue weighted by molar-refractivity contribution is 5.94. The Kier molecular flexibility index (Phi) is 4.85. The number of aliphatic carboxylic acids is 1. The van der Waals surface area contributed by atoms with Crippen LogP contribution in [0.15, 0.2) is 12.5 Å². The second-order valence-corrected chi connectivity index (χ2v) is 4.32. The minimum Gasteiger partial charge on any atom is -0.480 e. The number of amides is 1. The number of carbonyl (C=O) groups excluding carboxylic acids is 1. The number of carboxylic acids is 1. The van der Waals surface area contributed by atoms with E-state index in [1.54, 1.807) is 24.6 Å². The minimum absolute atomic E-state index is 0.190. The zero-order valence-electron chi connectivity index (χ0n) is 10.5. The van der Waals surface area contributed by atoms with Crippen molar-refractivity contribution in [3.05, 3.63) is 18.2 Å². The summed E-state index contributed by atoms with van der Waals surface area (Å²) < 4.78 is 1.68. The molecule has 0 aliphatic carbocycles. The van der Waals surface area contributed by atoms with Gasteiger partial charge in [-0.05, 0) is 5.92 Å². The summed E-state index contributed by atoms with van der Waals surface area (Å²) in [5, 5.41) is 11.4. The van der Waals surface area contributed by atoms with E-state index in [4.69, 9.17) is 10.8 Å². The maximum Gasteiger partial charge on any atom is 0.326 e. The number of nitrogens with two attached hydrogens (primary N) is 1. The standard InChI is InChI=1S/C11H18N4O3/c1-7(2)9(11(17)18)14-10(16)8-5-15(4-3-12)6-13-8/h5-7,9H,3-4,12H2,1-2H3,(H,14,16)(H,17,18). The molecule has 0 spiro atoms. The summed E-state index contributed by atoms with van der Waals surface area (Å²) in [5.74, 6) is -1.75. The second-order valence-electron chi connectivity index (χ2n) is 4.32. The number of carbonyl (C=O) groups is 2. The average molecular weight is 254 g/mol. The fourth-order valence-corrected chi connectivity index (χ4v) is 1.48. The third-order valence-corrected chi connectivity index (χ3v) is 2.47. The highest BCUT2D eigenvalue weighted by Gasteiger charge is 2.24. The van der Waals surface area contributed by atoms with Gasteiger partial charge in [0.05, 0.1) is 6.33 Å². The van der Waals surface area contributed by atoms with E-state index in [9.17, 15) is 9.59 Å². The van der Waals surface area contributed by atoms with Gasteiger partial charge in [-0.25, -0.2) is 9.78 Å². The molecular weight excluding hydrogens is 236 g/mol. The first-order valence-corrected chi connectivity index (χ1v) is 5.71. The number of rotatable bonds is 6. The van der Waals surface area contributed by atoms with Crippen LogP contribution in [0.5, 0.6) is 0 Å². The molecule has 0 aliphatic heterocycles. The van der Waals surface area contributed by atoms with E-state index < -0.39 is 17.9 Å². The topological polar surface area (TPSA) is 110 Å². The van der Waals surface area contributed by atoms with E-state index in [-0.39, 0.29) is 11.6 Å². The van der Waals surface area contributed by atoms with Crippen LogP contribution < -0.4 is 11.1 Å². The first-order valence-electron chi connectivity index (χ1n) is 5.71. The number of imidazole rings is 1. The molecule has 7 heteroatoms. The molecule has 1 rings (SSSR count). The molecule has 18 heavy (non-hydrogen) atoms. The number of hydrogen-bond donors (Lipinski definition) is 3. The van der Waals surface area contributed by atoms with Crippen LogP contribution in [0.1, 0.15) is 24.3 Å². The summed E-state index contributed by atoms with van der Waals surface area (Å²) in [6.45, 7) is 4.46. The highest BCUT2D eigenvalue weighted by atomic mass is 16.4. The van der Waals surface area contributed by atoms with Crippen molar-refractivity contribution < 1.29 is 14.7 Å². The van der Waals surface area contributed by atoms with Gasteiger partial charge in [-0.2, -0.15) is 0 Å². The number of hydrogen-bond acceptors (Lipinski definition) is 4. The zero-order chi connectivity index (χ0) is 13.7. The second kappa shape index (κ2) is 6.15. The smallest absolute Gasteiger partial charge is 0.326 e. The van der Waals surface area contributed by atoms with Crippen LogP contribution in [0.4, 0.5) is 0 Å². The van der Waals surface area contributed by atoms with Gasteiger partial charge in [0.2, 0.25) is 0 Å². The van der Waals surface area contributed by atoms with Crippen molar-refractivity contribution >= 4 is 11.9 Å². The van der Waals surface area contributed by atoms with Crippen LogP contribution in [0.3, 0.4) is 0 Å². The van der Waals surface area contributed by atoms with Gasteiger partial charge >= 0.3 is 5.97 Å². The van der Waals surface area contributed by atoms with Crippen molar-refractivity contribution in [2.75, 3.05) is 6.54 Å². The molecule has 7 nitrogen and oxygen atoms in total. The molecular formula is C11H18N4O3. The lowest BCUT2D eigenvalue weighted by atomic mass is 10.0. The molecule has 0 fully saturated rings. The quantitative estimate of drug-likeness (QED) is 0.644. The third-order valence-electron chi connectivity index (χ3n) is 2.47. The van der Waals surface area contributed by atoms with Crippen molar-refractivity contribution in [1.29, 1.82) is 0 Å². The SMILES string of the molecule is CC(C)C(NC(=O)c1cn(CCN)cn1)C(=O)O. The van der Waals surface area contributed by atoms with Crippen molar-refractivity contribution in [1.82, 2.24) is 14.9 Å². The summed E-state index contributed by atoms with van der Waals surface area (Å²) in [6, 6.07) is -0.919. The van der Waals surface area contributed by atoms with E-state index in [0.717, 1.165) is 0 Å². The third kappa shape index (κ3) is 3.56. The molecule has 0 saturated carbocycles. The van der Waals surface area contributed by atoms with Gasteiger partial charge in [0.15, 0.2) is 0 Å². The van der Waals surface area contributed by atoms with Crippen LogP contribution in [0.25, 0.3) is 0 Å². The van der Waals surface area contributed by atoms with Crippen LogP contribution in [0.2, 0.25) is 0 Å². The Balaban J connectivity index is 2.71. The Morgan fingerprint density at radius 1 is 1.56 bits per heavy atom. The van der Waals surface area contributed by atoms with Crippen LogP contribution in [-0.4, -0.2) is 39.1 Å². The zero-order valence-corrected chi connectivity index (χ0v) is 10.5. The molecule has 0 aliphatic rings. The molecule has 1 aromatic rings. The lowest BCUT2D eigenvalue weighted by Gasteiger charge is -2.16. The van der Waals surface area contributed by atoms with Gasteiger partial charge in [-0.3, -0.25) is 4.79 Å². The Hall–Kier alpha value is -1.89. The van der Waals surface area contributed by atoms with Crippen LogP contribution >= 0.6 is 0 Å². The van der Waals surface area contributed by atoms with E-state index in [0.29, 0.717) is 13.1 Å². The summed E-state index contributed by atoms with van der Waals surface area (Å²) >= 11 is 0. The molecule has 0 bridgehead atoms. The van der Waals surface area contributed by atoms with Gasteiger partial charge in [0, 0.05) is 19.3 Å². The maximum atomic E-state index is 11.8. The van der Waals surface area contributed by atoms with Crippen molar-refractivity contribution in [3.63, 3.8) is 0 Å². The van der Waals surface area contributed by atoms with Crippen LogP contribution in [0, 0.1) is 5.92 Å². The van der Waals surface area contributed by atoms with Gasteiger partial charge in [0.1, 0.15) is 11.7 Å². The fraction of sp³-hybridized carbons (Fsp3) is 0.545. The Morgan fingerprint density at radius 2 is 2.22 bits per heavy atom. The van der Waals surface area contributed by atoms with E-state index >= 15 is 0 Å². The molecule has 1 unspecified atom stereocenters. The minimum atomic E-state index is -1.06. The first-order chi connectivity index (χ1) is 8.45. The molecule has 0 radical (unpaired) electrons. The van der Waals surface area contributed by atoms with E-state index in [1.165, 1.54) is 6.33 Å². The molecule has 1 amide bonds. The predicted octanol–water partition coefficient (Wildman–Crippen LogP) is -0.319. The van der Waals surface area contributed by atoms with Crippen molar-refractivity contribution in [2.45, 2.75) is 26.4 Å². The lowest BCUT2D eigenvalue weighted by Crippen LogP contribution is -2.44. The number of nitrogens with zero attached hydrogens (tertiary/aromatic N) is 2. The number of carboxylic acid groups (broad SMARTS) is 1. The predicted molar refractivity (Wildman–Crippen MR) is 65.0 cm³/mol. The molecule has 1 atom stereocenters. The summed E-state index contributed by atoms with van der Waals surface area (Å²) in [5.41, 5.74) is 5.57. The normalized spacial score (nSPS) is 12.4. The van der Waals surface area contributed by atoms with Gasteiger partial charge < -0.3 is 20.7 Å². The Bertz CT molecular complexity index is 428. The first kappa shape index (κ1) is 14.2. The lowest BCUT2D eigenvalue weighted by molar-refractivity contribution is -0.140. The largest absolute Gasteiger partial charge is 0.480 e. The van der Waals surface area contributed by atoms with E-state index in [2.05, 4.69) is 10.3 Å².